The molecule has 108 valence electrons. The van der Waals surface area contributed by atoms with Gasteiger partial charge >= 0.3 is 12.1 Å². The van der Waals surface area contributed by atoms with Gasteiger partial charge in [0.05, 0.1) is 7.11 Å². The van der Waals surface area contributed by atoms with E-state index in [9.17, 15) is 18.0 Å². The molecule has 1 rings (SSSR count). The lowest BCUT2D eigenvalue weighted by Crippen LogP contribution is -2.12. The predicted molar refractivity (Wildman–Crippen MR) is 63.4 cm³/mol. The summed E-state index contributed by atoms with van der Waals surface area (Å²) in [5.41, 5.74) is -1.22. The zero-order valence-corrected chi connectivity index (χ0v) is 11.2. The van der Waals surface area contributed by atoms with Crippen LogP contribution >= 0.6 is 11.3 Å². The average Bonchev–Trinajstić information content (AvgIpc) is 2.78. The quantitative estimate of drug-likeness (QED) is 0.645. The Morgan fingerprint density at radius 3 is 2.63 bits per heavy atom. The Bertz CT molecular complexity index is 434. The smallest absolute Gasteiger partial charge is 0.435 e. The van der Waals surface area contributed by atoms with E-state index in [0.717, 1.165) is 7.11 Å². The number of halogens is 3. The third-order valence-electron chi connectivity index (χ3n) is 2.07. The summed E-state index contributed by atoms with van der Waals surface area (Å²) in [6.07, 6.45) is -4.07. The highest BCUT2D eigenvalue weighted by Crippen LogP contribution is 2.36. The first kappa shape index (κ1) is 15.7. The van der Waals surface area contributed by atoms with Crippen LogP contribution in [0, 0.1) is 0 Å². The molecule has 0 fully saturated rings. The molecule has 9 heteroatoms. The van der Waals surface area contributed by atoms with Gasteiger partial charge in [-0.25, -0.2) is 9.78 Å². The van der Waals surface area contributed by atoms with Crippen LogP contribution in [-0.4, -0.2) is 38.3 Å². The molecule has 0 atom stereocenters. The number of carbonyl (C=O) groups is 1. The minimum absolute atomic E-state index is 0.0313. The summed E-state index contributed by atoms with van der Waals surface area (Å²) in [7, 11) is 2.55. The predicted octanol–water partition coefficient (Wildman–Crippen LogP) is 2.40. The fourth-order valence-corrected chi connectivity index (χ4v) is 2.16. The highest BCUT2D eigenvalue weighted by atomic mass is 32.1. The van der Waals surface area contributed by atoms with Crippen molar-refractivity contribution >= 4 is 22.4 Å². The second kappa shape index (κ2) is 6.71. The van der Waals surface area contributed by atoms with Crippen molar-refractivity contribution in [2.45, 2.75) is 12.6 Å². The van der Waals surface area contributed by atoms with Crippen molar-refractivity contribution in [1.29, 1.82) is 0 Å². The first-order valence-corrected chi connectivity index (χ1v) is 6.11. The van der Waals surface area contributed by atoms with Crippen LogP contribution in [0.5, 0.6) is 0 Å². The molecule has 1 aromatic heterocycles. The maximum Gasteiger partial charge on any atom is 0.435 e. The van der Waals surface area contributed by atoms with Gasteiger partial charge in [0.25, 0.3) is 0 Å². The number of aromatic nitrogens is 1. The van der Waals surface area contributed by atoms with E-state index in [2.05, 4.69) is 15.0 Å². The minimum Gasteiger partial charge on any atom is -0.465 e. The number of alkyl halides is 3. The van der Waals surface area contributed by atoms with Gasteiger partial charge in [-0.3, -0.25) is 0 Å². The zero-order chi connectivity index (χ0) is 14.5. The summed E-state index contributed by atoms with van der Waals surface area (Å²) in [4.78, 5) is 14.1. The van der Waals surface area contributed by atoms with Crippen molar-refractivity contribution in [1.82, 2.24) is 4.98 Å². The fourth-order valence-electron chi connectivity index (χ4n) is 1.23. The van der Waals surface area contributed by atoms with E-state index in [0.29, 0.717) is 30.9 Å². The molecule has 0 aliphatic heterocycles. The molecule has 0 amide bonds. The molecular weight excluding hydrogens is 285 g/mol. The first-order chi connectivity index (χ1) is 8.90. The molecule has 0 saturated carbocycles. The number of nitrogens with one attached hydrogen (secondary N) is 1. The Morgan fingerprint density at radius 1 is 1.42 bits per heavy atom. The SMILES string of the molecule is COCCCNc1nc(C(F)(F)F)c(C(=O)OC)s1. The van der Waals surface area contributed by atoms with E-state index < -0.39 is 22.7 Å². The Hall–Kier alpha value is -1.35. The number of carbonyl (C=O) groups excluding carboxylic acids is 1. The number of rotatable bonds is 6. The lowest BCUT2D eigenvalue weighted by atomic mass is 10.3. The molecule has 0 saturated heterocycles. The molecule has 1 aromatic rings. The van der Waals surface area contributed by atoms with Gasteiger partial charge in [-0.15, -0.1) is 0 Å². The molecule has 0 spiro atoms. The molecule has 0 bridgehead atoms. The minimum atomic E-state index is -4.69. The topological polar surface area (TPSA) is 60.5 Å². The van der Waals surface area contributed by atoms with Crippen molar-refractivity contribution in [3.8, 4) is 0 Å². The average molecular weight is 298 g/mol. The van der Waals surface area contributed by atoms with Crippen LogP contribution in [0.25, 0.3) is 0 Å². The summed E-state index contributed by atoms with van der Waals surface area (Å²) in [5, 5.41) is 2.74. The van der Waals surface area contributed by atoms with E-state index in [-0.39, 0.29) is 5.13 Å². The van der Waals surface area contributed by atoms with Crippen molar-refractivity contribution in [3.63, 3.8) is 0 Å². The molecule has 1 heterocycles. The third-order valence-corrected chi connectivity index (χ3v) is 3.06. The van der Waals surface area contributed by atoms with Crippen LogP contribution in [0.15, 0.2) is 0 Å². The monoisotopic (exact) mass is 298 g/mol. The molecule has 0 aliphatic rings. The largest absolute Gasteiger partial charge is 0.465 e. The van der Waals surface area contributed by atoms with Gasteiger partial charge in [0.1, 0.15) is 4.88 Å². The fraction of sp³-hybridized carbons (Fsp3) is 0.600. The summed E-state index contributed by atoms with van der Waals surface area (Å²) in [6.45, 7) is 0.883. The highest BCUT2D eigenvalue weighted by molar-refractivity contribution is 7.17. The van der Waals surface area contributed by atoms with Gasteiger partial charge in [-0.2, -0.15) is 13.2 Å². The van der Waals surface area contributed by atoms with E-state index in [1.54, 1.807) is 0 Å². The van der Waals surface area contributed by atoms with Gasteiger partial charge < -0.3 is 14.8 Å². The van der Waals surface area contributed by atoms with E-state index in [1.165, 1.54) is 7.11 Å². The van der Waals surface area contributed by atoms with Crippen LogP contribution in [0.3, 0.4) is 0 Å². The number of nitrogens with zero attached hydrogens (tertiary/aromatic N) is 1. The number of hydrogen-bond acceptors (Lipinski definition) is 6. The standard InChI is InChI=1S/C10H13F3N2O3S/c1-17-5-3-4-14-9-15-7(10(11,12)13)6(19-9)8(16)18-2/h3-5H2,1-2H3,(H,14,15). The van der Waals surface area contributed by atoms with Crippen molar-refractivity contribution < 1.29 is 27.4 Å². The van der Waals surface area contributed by atoms with E-state index >= 15 is 0 Å². The second-order valence-corrected chi connectivity index (χ2v) is 4.46. The van der Waals surface area contributed by atoms with Crippen LogP contribution in [0.2, 0.25) is 0 Å². The Labute approximate surface area is 111 Å². The summed E-state index contributed by atoms with van der Waals surface area (Å²) in [6, 6.07) is 0. The molecule has 19 heavy (non-hydrogen) atoms. The van der Waals surface area contributed by atoms with Gasteiger partial charge in [-0.1, -0.05) is 11.3 Å². The highest BCUT2D eigenvalue weighted by Gasteiger charge is 2.40. The number of esters is 1. The van der Waals surface area contributed by atoms with Gasteiger partial charge in [0.2, 0.25) is 0 Å². The number of methoxy groups -OCH3 is 2. The molecule has 0 radical (unpaired) electrons. The van der Waals surface area contributed by atoms with E-state index in [1.807, 2.05) is 0 Å². The number of anilines is 1. The number of ether oxygens (including phenoxy) is 2. The summed E-state index contributed by atoms with van der Waals surface area (Å²) < 4.78 is 47.2. The number of hydrogen-bond donors (Lipinski definition) is 1. The first-order valence-electron chi connectivity index (χ1n) is 5.29. The van der Waals surface area contributed by atoms with Gasteiger partial charge in [-0.05, 0) is 6.42 Å². The van der Waals surface area contributed by atoms with Crippen molar-refractivity contribution in [2.24, 2.45) is 0 Å². The summed E-state index contributed by atoms with van der Waals surface area (Å²) in [5.74, 6) is -1.05. The van der Waals surface area contributed by atoms with Crippen LogP contribution in [-0.2, 0) is 15.7 Å². The van der Waals surface area contributed by atoms with Crippen LogP contribution in [0.4, 0.5) is 18.3 Å². The lowest BCUT2D eigenvalue weighted by Gasteiger charge is -2.04. The number of thiazole rings is 1. The lowest BCUT2D eigenvalue weighted by molar-refractivity contribution is -0.141. The molecular formula is C10H13F3N2O3S. The van der Waals surface area contributed by atoms with Gasteiger partial charge in [0.15, 0.2) is 10.8 Å². The van der Waals surface area contributed by atoms with Gasteiger partial charge in [0, 0.05) is 20.3 Å². The maximum atomic E-state index is 12.7. The molecule has 0 aromatic carbocycles. The Kier molecular flexibility index (Phi) is 5.55. The summed E-state index contributed by atoms with van der Waals surface area (Å²) >= 11 is 0.620. The van der Waals surface area contributed by atoms with E-state index in [4.69, 9.17) is 4.74 Å². The Balaban J connectivity index is 2.85. The van der Waals surface area contributed by atoms with Crippen LogP contribution < -0.4 is 5.32 Å². The van der Waals surface area contributed by atoms with Crippen LogP contribution in [0.1, 0.15) is 21.8 Å². The van der Waals surface area contributed by atoms with Crippen molar-refractivity contribution in [2.75, 3.05) is 32.7 Å². The maximum absolute atomic E-state index is 12.7. The molecule has 0 aliphatic carbocycles. The zero-order valence-electron chi connectivity index (χ0n) is 10.3. The molecule has 5 nitrogen and oxygen atoms in total. The normalized spacial score (nSPS) is 11.4. The molecule has 0 unspecified atom stereocenters. The Morgan fingerprint density at radius 2 is 2.11 bits per heavy atom. The molecule has 1 N–H and O–H groups in total. The third kappa shape index (κ3) is 4.35. The second-order valence-electron chi connectivity index (χ2n) is 3.46. The van der Waals surface area contributed by atoms with Crippen molar-refractivity contribution in [3.05, 3.63) is 10.6 Å².